The minimum absolute atomic E-state index is 0.197. The topological polar surface area (TPSA) is 48.1 Å². The molecule has 5 nitrogen and oxygen atoms in total. The van der Waals surface area contributed by atoms with Crippen molar-refractivity contribution in [2.45, 2.75) is 19.8 Å². The van der Waals surface area contributed by atoms with E-state index in [1.807, 2.05) is 12.1 Å². The van der Waals surface area contributed by atoms with Gasteiger partial charge in [0.05, 0.1) is 6.54 Å². The van der Waals surface area contributed by atoms with Crippen LogP contribution in [-0.4, -0.2) is 68.6 Å². The number of piperazine rings is 1. The van der Waals surface area contributed by atoms with Crippen LogP contribution in [0.1, 0.15) is 19.8 Å². The average Bonchev–Trinajstić information content (AvgIpc) is 2.60. The quantitative estimate of drug-likeness (QED) is 0.612. The van der Waals surface area contributed by atoms with Crippen LogP contribution >= 0.6 is 0 Å². The summed E-state index contributed by atoms with van der Waals surface area (Å²) in [6, 6.07) is 6.67. The Balaban J connectivity index is 1.74. The average molecular weight is 335 g/mol. The SMILES string of the molecule is CCCCN(C)CCN=C(N)N1CCN(c2ccc(F)cc2)CC1. The van der Waals surface area contributed by atoms with E-state index in [4.69, 9.17) is 5.73 Å². The highest BCUT2D eigenvalue weighted by atomic mass is 19.1. The number of hydrogen-bond acceptors (Lipinski definition) is 3. The van der Waals surface area contributed by atoms with Crippen molar-refractivity contribution in [3.8, 4) is 0 Å². The van der Waals surface area contributed by atoms with E-state index in [0.29, 0.717) is 5.96 Å². The highest BCUT2D eigenvalue weighted by Gasteiger charge is 2.18. The van der Waals surface area contributed by atoms with Gasteiger partial charge in [0.1, 0.15) is 5.82 Å². The molecule has 1 aliphatic rings. The van der Waals surface area contributed by atoms with Gasteiger partial charge in [-0.3, -0.25) is 4.99 Å². The maximum Gasteiger partial charge on any atom is 0.191 e. The van der Waals surface area contributed by atoms with Crippen molar-refractivity contribution in [1.29, 1.82) is 0 Å². The summed E-state index contributed by atoms with van der Waals surface area (Å²) in [4.78, 5) is 11.2. The second-order valence-electron chi connectivity index (χ2n) is 6.35. The van der Waals surface area contributed by atoms with Gasteiger partial charge in [0.2, 0.25) is 0 Å². The van der Waals surface area contributed by atoms with Crippen molar-refractivity contribution in [3.05, 3.63) is 30.1 Å². The number of rotatable bonds is 7. The van der Waals surface area contributed by atoms with Crippen molar-refractivity contribution in [2.75, 3.05) is 57.8 Å². The summed E-state index contributed by atoms with van der Waals surface area (Å²) in [5.74, 6) is 0.440. The lowest BCUT2D eigenvalue weighted by molar-refractivity contribution is 0.335. The van der Waals surface area contributed by atoms with E-state index in [1.54, 1.807) is 0 Å². The molecule has 0 saturated carbocycles. The lowest BCUT2D eigenvalue weighted by atomic mass is 10.2. The lowest BCUT2D eigenvalue weighted by Crippen LogP contribution is -2.51. The Hall–Kier alpha value is -1.82. The first kappa shape index (κ1) is 18.5. The number of nitrogens with two attached hydrogens (primary N) is 1. The highest BCUT2D eigenvalue weighted by molar-refractivity contribution is 5.78. The number of unbranched alkanes of at least 4 members (excludes halogenated alkanes) is 1. The van der Waals surface area contributed by atoms with Crippen LogP contribution in [0.4, 0.5) is 10.1 Å². The number of guanidine groups is 1. The Labute approximate surface area is 144 Å². The molecule has 6 heteroatoms. The van der Waals surface area contributed by atoms with Gasteiger partial charge in [0.15, 0.2) is 5.96 Å². The van der Waals surface area contributed by atoms with Crippen LogP contribution in [0, 0.1) is 5.82 Å². The standard InChI is InChI=1S/C18H30FN5/c1-3-4-10-22(2)11-9-21-18(20)24-14-12-23(13-15-24)17-7-5-16(19)6-8-17/h5-8H,3-4,9-15H2,1-2H3,(H2,20,21). The summed E-state index contributed by atoms with van der Waals surface area (Å²) >= 11 is 0. The van der Waals surface area contributed by atoms with Crippen LogP contribution in [0.5, 0.6) is 0 Å². The van der Waals surface area contributed by atoms with Gasteiger partial charge in [-0.05, 0) is 44.3 Å². The van der Waals surface area contributed by atoms with Crippen molar-refractivity contribution in [1.82, 2.24) is 9.80 Å². The Morgan fingerprint density at radius 1 is 1.17 bits per heavy atom. The molecule has 1 fully saturated rings. The zero-order valence-electron chi connectivity index (χ0n) is 14.9. The number of likely N-dealkylation sites (N-methyl/N-ethyl adjacent to an activating group) is 1. The molecule has 1 aromatic rings. The molecule has 1 aliphatic heterocycles. The number of anilines is 1. The van der Waals surface area contributed by atoms with Gasteiger partial charge in [-0.15, -0.1) is 0 Å². The van der Waals surface area contributed by atoms with Gasteiger partial charge < -0.3 is 20.4 Å². The summed E-state index contributed by atoms with van der Waals surface area (Å²) in [6.07, 6.45) is 2.44. The highest BCUT2D eigenvalue weighted by Crippen LogP contribution is 2.16. The molecular formula is C18H30FN5. The summed E-state index contributed by atoms with van der Waals surface area (Å²) in [5, 5.41) is 0. The first-order valence-corrected chi connectivity index (χ1v) is 8.84. The zero-order chi connectivity index (χ0) is 17.4. The van der Waals surface area contributed by atoms with E-state index in [1.165, 1.54) is 25.0 Å². The molecule has 0 unspecified atom stereocenters. The maximum absolute atomic E-state index is 13.0. The number of benzene rings is 1. The maximum atomic E-state index is 13.0. The number of nitrogens with zero attached hydrogens (tertiary/aromatic N) is 4. The molecule has 0 spiro atoms. The van der Waals surface area contributed by atoms with Gasteiger partial charge in [-0.2, -0.15) is 0 Å². The van der Waals surface area contributed by atoms with Gasteiger partial charge in [0.25, 0.3) is 0 Å². The molecule has 2 rings (SSSR count). The third kappa shape index (κ3) is 5.67. The molecule has 0 bridgehead atoms. The van der Waals surface area contributed by atoms with Gasteiger partial charge >= 0.3 is 0 Å². The van der Waals surface area contributed by atoms with E-state index >= 15 is 0 Å². The van der Waals surface area contributed by atoms with Crippen LogP contribution < -0.4 is 10.6 Å². The second kappa shape index (κ2) is 9.47. The van der Waals surface area contributed by atoms with E-state index in [2.05, 4.69) is 33.7 Å². The Kier molecular flexibility index (Phi) is 7.31. The van der Waals surface area contributed by atoms with Crippen molar-refractivity contribution >= 4 is 11.6 Å². The van der Waals surface area contributed by atoms with Crippen LogP contribution in [0.3, 0.4) is 0 Å². The first-order valence-electron chi connectivity index (χ1n) is 8.84. The summed E-state index contributed by atoms with van der Waals surface area (Å²) in [7, 11) is 2.13. The molecular weight excluding hydrogens is 305 g/mol. The molecule has 134 valence electrons. The predicted molar refractivity (Wildman–Crippen MR) is 99.1 cm³/mol. The Morgan fingerprint density at radius 3 is 2.46 bits per heavy atom. The zero-order valence-corrected chi connectivity index (χ0v) is 14.9. The van der Waals surface area contributed by atoms with E-state index in [0.717, 1.165) is 51.5 Å². The second-order valence-corrected chi connectivity index (χ2v) is 6.35. The summed E-state index contributed by atoms with van der Waals surface area (Å²) in [5.41, 5.74) is 7.19. The largest absolute Gasteiger partial charge is 0.370 e. The van der Waals surface area contributed by atoms with Gasteiger partial charge in [-0.25, -0.2) is 4.39 Å². The molecule has 1 saturated heterocycles. The summed E-state index contributed by atoms with van der Waals surface area (Å²) in [6.45, 7) is 8.44. The number of hydrogen-bond donors (Lipinski definition) is 1. The normalized spacial score (nSPS) is 16.1. The Bertz CT molecular complexity index is 509. The fourth-order valence-corrected chi connectivity index (χ4v) is 2.82. The molecule has 1 aromatic carbocycles. The van der Waals surface area contributed by atoms with Gasteiger partial charge in [0, 0.05) is 38.4 Å². The fourth-order valence-electron chi connectivity index (χ4n) is 2.82. The van der Waals surface area contributed by atoms with Gasteiger partial charge in [-0.1, -0.05) is 13.3 Å². The van der Waals surface area contributed by atoms with Crippen molar-refractivity contribution in [2.24, 2.45) is 10.7 Å². The predicted octanol–water partition coefficient (Wildman–Crippen LogP) is 1.99. The molecule has 0 aromatic heterocycles. The van der Waals surface area contributed by atoms with Crippen LogP contribution in [0.15, 0.2) is 29.3 Å². The number of aliphatic imine (C=N–C) groups is 1. The molecule has 24 heavy (non-hydrogen) atoms. The Morgan fingerprint density at radius 2 is 1.83 bits per heavy atom. The van der Waals surface area contributed by atoms with Crippen LogP contribution in [-0.2, 0) is 0 Å². The lowest BCUT2D eigenvalue weighted by Gasteiger charge is -2.36. The third-order valence-corrected chi connectivity index (χ3v) is 4.44. The minimum Gasteiger partial charge on any atom is -0.370 e. The van der Waals surface area contributed by atoms with E-state index in [-0.39, 0.29) is 5.82 Å². The smallest absolute Gasteiger partial charge is 0.191 e. The molecule has 0 amide bonds. The molecule has 1 heterocycles. The van der Waals surface area contributed by atoms with Crippen molar-refractivity contribution < 1.29 is 4.39 Å². The fraction of sp³-hybridized carbons (Fsp3) is 0.611. The molecule has 0 aliphatic carbocycles. The van der Waals surface area contributed by atoms with Crippen LogP contribution in [0.2, 0.25) is 0 Å². The third-order valence-electron chi connectivity index (χ3n) is 4.44. The van der Waals surface area contributed by atoms with E-state index < -0.39 is 0 Å². The molecule has 0 atom stereocenters. The molecule has 0 radical (unpaired) electrons. The number of halogens is 1. The van der Waals surface area contributed by atoms with Crippen molar-refractivity contribution in [3.63, 3.8) is 0 Å². The first-order chi connectivity index (χ1) is 11.6. The minimum atomic E-state index is -0.197. The summed E-state index contributed by atoms with van der Waals surface area (Å²) < 4.78 is 13.0. The van der Waals surface area contributed by atoms with Crippen LogP contribution in [0.25, 0.3) is 0 Å². The molecule has 2 N–H and O–H groups in total. The monoisotopic (exact) mass is 335 g/mol. The van der Waals surface area contributed by atoms with E-state index in [9.17, 15) is 4.39 Å².